The van der Waals surface area contributed by atoms with Gasteiger partial charge in [-0.2, -0.15) is 4.31 Å². The zero-order chi connectivity index (χ0) is 18.0. The number of aromatic nitrogens is 3. The van der Waals surface area contributed by atoms with E-state index in [-0.39, 0.29) is 11.8 Å². The van der Waals surface area contributed by atoms with Crippen molar-refractivity contribution in [3.63, 3.8) is 0 Å². The van der Waals surface area contributed by atoms with E-state index in [1.807, 2.05) is 26.2 Å². The average molecular weight is 366 g/mol. The molecule has 0 radical (unpaired) electrons. The van der Waals surface area contributed by atoms with Crippen LogP contribution in [0, 0.1) is 5.92 Å². The summed E-state index contributed by atoms with van der Waals surface area (Å²) in [5.74, 6) is 1.48. The molecule has 7 nitrogen and oxygen atoms in total. The van der Waals surface area contributed by atoms with Crippen LogP contribution in [0.1, 0.15) is 33.1 Å². The van der Waals surface area contributed by atoms with E-state index in [1.54, 1.807) is 10.6 Å². The number of aromatic amines is 1. The van der Waals surface area contributed by atoms with Gasteiger partial charge in [-0.25, -0.2) is 18.4 Å². The van der Waals surface area contributed by atoms with Gasteiger partial charge in [0.25, 0.3) is 0 Å². The van der Waals surface area contributed by atoms with Crippen molar-refractivity contribution < 1.29 is 8.42 Å². The molecular weight excluding hydrogens is 338 g/mol. The van der Waals surface area contributed by atoms with Crippen molar-refractivity contribution >= 4 is 26.9 Å². The molecule has 3 rings (SSSR count). The van der Waals surface area contributed by atoms with Crippen molar-refractivity contribution in [3.8, 4) is 0 Å². The molecule has 0 bridgehead atoms. The van der Waals surface area contributed by atoms with Crippen LogP contribution in [0.4, 0.5) is 5.82 Å². The predicted octanol–water partition coefficient (Wildman–Crippen LogP) is 2.23. The van der Waals surface area contributed by atoms with Crippen molar-refractivity contribution in [2.75, 3.05) is 30.8 Å². The monoisotopic (exact) mass is 365 g/mol. The first-order valence-electron chi connectivity index (χ1n) is 8.92. The average Bonchev–Trinajstić information content (AvgIpc) is 3.08. The quantitative estimate of drug-likeness (QED) is 0.849. The lowest BCUT2D eigenvalue weighted by atomic mass is 9.93. The van der Waals surface area contributed by atoms with E-state index in [9.17, 15) is 8.42 Å². The third-order valence-corrected chi connectivity index (χ3v) is 7.12. The molecule has 1 aliphatic rings. The zero-order valence-corrected chi connectivity index (χ0v) is 16.0. The molecule has 0 spiro atoms. The number of nitrogens with one attached hydrogen (secondary N) is 1. The molecule has 25 heavy (non-hydrogen) atoms. The lowest BCUT2D eigenvalue weighted by molar-refractivity contribution is 0.247. The smallest absolute Gasteiger partial charge is 0.214 e. The van der Waals surface area contributed by atoms with Crippen molar-refractivity contribution in [1.29, 1.82) is 0 Å². The Kier molecular flexibility index (Phi) is 5.29. The second kappa shape index (κ2) is 7.29. The molecule has 1 N–H and O–H groups in total. The maximum absolute atomic E-state index is 12.6. The zero-order valence-electron chi connectivity index (χ0n) is 15.1. The summed E-state index contributed by atoms with van der Waals surface area (Å²) in [5.41, 5.74) is 0.799. The first-order chi connectivity index (χ1) is 11.9. The Morgan fingerprint density at radius 3 is 2.96 bits per heavy atom. The van der Waals surface area contributed by atoms with Gasteiger partial charge in [-0.05, 0) is 24.8 Å². The van der Waals surface area contributed by atoms with E-state index in [0.717, 1.165) is 29.7 Å². The number of nitrogens with zero attached hydrogens (tertiary/aromatic N) is 4. The summed E-state index contributed by atoms with van der Waals surface area (Å²) in [4.78, 5) is 13.9. The number of rotatable bonds is 6. The van der Waals surface area contributed by atoms with Crippen LogP contribution in [-0.2, 0) is 10.0 Å². The minimum atomic E-state index is -3.18. The number of fused-ring (bicyclic) bond motifs is 1. The molecule has 3 heterocycles. The molecule has 8 heteroatoms. The van der Waals surface area contributed by atoms with Crippen molar-refractivity contribution in [2.24, 2.45) is 5.92 Å². The molecule has 2 aromatic heterocycles. The highest BCUT2D eigenvalue weighted by Gasteiger charge is 2.35. The van der Waals surface area contributed by atoms with E-state index in [2.05, 4.69) is 26.8 Å². The second-order valence-electron chi connectivity index (χ2n) is 6.91. The number of likely N-dealkylation sites (N-methyl/N-ethyl adjacent to an activating group) is 1. The molecule has 1 fully saturated rings. The third-order valence-electron chi connectivity index (χ3n) is 5.20. The first kappa shape index (κ1) is 18.1. The minimum Gasteiger partial charge on any atom is -0.354 e. The Labute approximate surface area is 149 Å². The lowest BCUT2D eigenvalue weighted by Gasteiger charge is -2.41. The number of H-pyrrole nitrogens is 1. The second-order valence-corrected chi connectivity index (χ2v) is 9.00. The number of piperidine rings is 1. The van der Waals surface area contributed by atoms with E-state index in [4.69, 9.17) is 0 Å². The van der Waals surface area contributed by atoms with E-state index >= 15 is 0 Å². The number of hydrogen-bond donors (Lipinski definition) is 1. The van der Waals surface area contributed by atoms with Gasteiger partial charge in [0.1, 0.15) is 17.8 Å². The van der Waals surface area contributed by atoms with Gasteiger partial charge in [-0.3, -0.25) is 0 Å². The molecule has 2 unspecified atom stereocenters. The van der Waals surface area contributed by atoms with Gasteiger partial charge in [0.15, 0.2) is 0 Å². The number of sulfonamides is 1. The highest BCUT2D eigenvalue weighted by atomic mass is 32.2. The van der Waals surface area contributed by atoms with E-state index in [0.29, 0.717) is 25.4 Å². The molecular formula is C17H27N5O2S. The van der Waals surface area contributed by atoms with Crippen LogP contribution in [0.5, 0.6) is 0 Å². The van der Waals surface area contributed by atoms with Crippen LogP contribution in [0.25, 0.3) is 11.0 Å². The van der Waals surface area contributed by atoms with Gasteiger partial charge in [0, 0.05) is 32.4 Å². The standard InChI is InChI=1S/C17H27N5O2S/c1-4-5-10-25(23,24)22-9-7-13(2)15(11-22)21(3)17-14-6-8-18-16(14)19-12-20-17/h6,8,12-13,15H,4-5,7,9-11H2,1-3H3,(H,18,19,20). The normalized spacial score (nSPS) is 22.4. The number of anilines is 1. The Hall–Kier alpha value is -1.67. The van der Waals surface area contributed by atoms with Crippen LogP contribution >= 0.6 is 0 Å². The Balaban J connectivity index is 1.83. The van der Waals surface area contributed by atoms with Crippen LogP contribution in [0.2, 0.25) is 0 Å². The molecule has 0 saturated carbocycles. The fourth-order valence-corrected chi connectivity index (χ4v) is 5.20. The maximum atomic E-state index is 12.6. The minimum absolute atomic E-state index is 0.0955. The highest BCUT2D eigenvalue weighted by molar-refractivity contribution is 7.89. The SMILES string of the molecule is CCCCS(=O)(=O)N1CCC(C)C(N(C)c2ncnc3[nH]ccc23)C1. The van der Waals surface area contributed by atoms with Gasteiger partial charge in [0.2, 0.25) is 10.0 Å². The van der Waals surface area contributed by atoms with Gasteiger partial charge in [-0.15, -0.1) is 0 Å². The molecule has 2 aromatic rings. The molecule has 138 valence electrons. The fourth-order valence-electron chi connectivity index (χ4n) is 3.53. The summed E-state index contributed by atoms with van der Waals surface area (Å²) in [6.45, 7) is 5.33. The molecule has 2 atom stereocenters. The number of unbranched alkanes of at least 4 members (excludes halogenated alkanes) is 1. The summed E-state index contributed by atoms with van der Waals surface area (Å²) in [5, 5.41) is 0.961. The van der Waals surface area contributed by atoms with Gasteiger partial charge in [-0.1, -0.05) is 20.3 Å². The van der Waals surface area contributed by atoms with Crippen LogP contribution in [-0.4, -0.2) is 59.6 Å². The van der Waals surface area contributed by atoms with E-state index < -0.39 is 10.0 Å². The summed E-state index contributed by atoms with van der Waals surface area (Å²) in [7, 11) is -1.18. The van der Waals surface area contributed by atoms with Crippen molar-refractivity contribution in [2.45, 2.75) is 39.2 Å². The first-order valence-corrected chi connectivity index (χ1v) is 10.5. The highest BCUT2D eigenvalue weighted by Crippen LogP contribution is 2.29. The molecule has 1 aliphatic heterocycles. The molecule has 1 saturated heterocycles. The van der Waals surface area contributed by atoms with Gasteiger partial charge in [0.05, 0.1) is 11.1 Å². The Morgan fingerprint density at radius 1 is 1.40 bits per heavy atom. The largest absolute Gasteiger partial charge is 0.354 e. The number of hydrogen-bond acceptors (Lipinski definition) is 5. The molecule has 0 amide bonds. The summed E-state index contributed by atoms with van der Waals surface area (Å²) in [6, 6.07) is 2.06. The van der Waals surface area contributed by atoms with Crippen molar-refractivity contribution in [3.05, 3.63) is 18.6 Å². The van der Waals surface area contributed by atoms with Crippen LogP contribution in [0.15, 0.2) is 18.6 Å². The summed E-state index contributed by atoms with van der Waals surface area (Å²) < 4.78 is 26.9. The topological polar surface area (TPSA) is 82.2 Å². The van der Waals surface area contributed by atoms with Crippen molar-refractivity contribution in [1.82, 2.24) is 19.3 Å². The third kappa shape index (κ3) is 3.64. The summed E-state index contributed by atoms with van der Waals surface area (Å²) in [6.07, 6.45) is 5.86. The maximum Gasteiger partial charge on any atom is 0.214 e. The van der Waals surface area contributed by atoms with Crippen LogP contribution < -0.4 is 4.90 Å². The van der Waals surface area contributed by atoms with E-state index in [1.165, 1.54) is 0 Å². The van der Waals surface area contributed by atoms with Gasteiger partial charge >= 0.3 is 0 Å². The fraction of sp³-hybridized carbons (Fsp3) is 0.647. The Bertz CT molecular complexity index is 819. The van der Waals surface area contributed by atoms with Gasteiger partial charge < -0.3 is 9.88 Å². The summed E-state index contributed by atoms with van der Waals surface area (Å²) >= 11 is 0. The lowest BCUT2D eigenvalue weighted by Crippen LogP contribution is -2.53. The predicted molar refractivity (Wildman–Crippen MR) is 100 cm³/mol. The van der Waals surface area contributed by atoms with Crippen LogP contribution in [0.3, 0.4) is 0 Å². The Morgan fingerprint density at radius 2 is 2.20 bits per heavy atom. The molecule has 0 aliphatic carbocycles. The molecule has 0 aromatic carbocycles.